The van der Waals surface area contributed by atoms with Crippen molar-refractivity contribution in [2.24, 2.45) is 11.0 Å². The summed E-state index contributed by atoms with van der Waals surface area (Å²) in [5, 5.41) is 4.30. The van der Waals surface area contributed by atoms with Crippen molar-refractivity contribution in [3.8, 4) is 0 Å². The fourth-order valence-corrected chi connectivity index (χ4v) is 1.97. The standard InChI is InChI=1S/C12H18N4O/c1-8-3-5-10(6-4-8)15-16-12-13-9(2)7-11(17)14-12/h7-8H,3-6H2,1-2H3,(H2,13,14,16,17). The van der Waals surface area contributed by atoms with Crippen molar-refractivity contribution in [3.05, 3.63) is 22.1 Å². The third kappa shape index (κ3) is 3.41. The van der Waals surface area contributed by atoms with Gasteiger partial charge in [-0.15, -0.1) is 0 Å². The van der Waals surface area contributed by atoms with E-state index >= 15 is 0 Å². The molecular formula is C12H18N4O. The van der Waals surface area contributed by atoms with E-state index in [1.54, 1.807) is 6.92 Å². The summed E-state index contributed by atoms with van der Waals surface area (Å²) in [6, 6.07) is 1.46. The molecule has 92 valence electrons. The van der Waals surface area contributed by atoms with Gasteiger partial charge in [0.05, 0.1) is 0 Å². The highest BCUT2D eigenvalue weighted by Crippen LogP contribution is 2.21. The fraction of sp³-hybridized carbons (Fsp3) is 0.583. The Balaban J connectivity index is 2.01. The number of nitrogens with one attached hydrogen (secondary N) is 2. The lowest BCUT2D eigenvalue weighted by atomic mass is 9.90. The molecule has 5 nitrogen and oxygen atoms in total. The summed E-state index contributed by atoms with van der Waals surface area (Å²) in [5.41, 5.74) is 4.53. The minimum absolute atomic E-state index is 0.155. The highest BCUT2D eigenvalue weighted by Gasteiger charge is 2.13. The molecule has 0 unspecified atom stereocenters. The van der Waals surface area contributed by atoms with Gasteiger partial charge in [0.15, 0.2) is 0 Å². The maximum atomic E-state index is 11.2. The number of nitrogens with zero attached hydrogens (tertiary/aromatic N) is 2. The molecule has 2 N–H and O–H groups in total. The molecule has 1 aromatic rings. The van der Waals surface area contributed by atoms with Crippen LogP contribution < -0.4 is 11.0 Å². The molecule has 5 heteroatoms. The zero-order valence-electron chi connectivity index (χ0n) is 10.3. The van der Waals surface area contributed by atoms with E-state index in [0.29, 0.717) is 11.6 Å². The fourth-order valence-electron chi connectivity index (χ4n) is 1.97. The van der Waals surface area contributed by atoms with E-state index in [0.717, 1.165) is 24.5 Å². The first-order valence-corrected chi connectivity index (χ1v) is 6.03. The molecule has 0 radical (unpaired) electrons. The molecule has 1 aliphatic carbocycles. The average molecular weight is 234 g/mol. The Labute approximate surface area is 100 Å². The number of aryl methyl sites for hydroxylation is 1. The van der Waals surface area contributed by atoms with Crippen molar-refractivity contribution >= 4 is 11.7 Å². The highest BCUT2D eigenvalue weighted by atomic mass is 16.1. The van der Waals surface area contributed by atoms with E-state index in [1.807, 2.05) is 0 Å². The van der Waals surface area contributed by atoms with Crippen molar-refractivity contribution in [2.75, 3.05) is 5.43 Å². The lowest BCUT2D eigenvalue weighted by Gasteiger charge is -2.18. The van der Waals surface area contributed by atoms with Crippen molar-refractivity contribution in [1.82, 2.24) is 9.97 Å². The Hall–Kier alpha value is -1.65. The maximum Gasteiger partial charge on any atom is 0.252 e. The number of anilines is 1. The molecule has 0 spiro atoms. The summed E-state index contributed by atoms with van der Waals surface area (Å²) in [6.07, 6.45) is 4.45. The lowest BCUT2D eigenvalue weighted by molar-refractivity contribution is 0.483. The smallest absolute Gasteiger partial charge is 0.252 e. The zero-order valence-corrected chi connectivity index (χ0v) is 10.3. The molecule has 0 saturated heterocycles. The molecule has 2 rings (SSSR count). The minimum atomic E-state index is -0.155. The molecular weight excluding hydrogens is 216 g/mol. The number of aromatic nitrogens is 2. The Morgan fingerprint density at radius 3 is 2.82 bits per heavy atom. The summed E-state index contributed by atoms with van der Waals surface area (Å²) >= 11 is 0. The quantitative estimate of drug-likeness (QED) is 0.769. The minimum Gasteiger partial charge on any atom is -0.291 e. The molecule has 17 heavy (non-hydrogen) atoms. The SMILES string of the molecule is Cc1cc(=O)[nH]c(NN=C2CCC(C)CC2)n1. The van der Waals surface area contributed by atoms with Crippen LogP contribution in [0.15, 0.2) is 16.0 Å². The third-order valence-corrected chi connectivity index (χ3v) is 3.04. The highest BCUT2D eigenvalue weighted by molar-refractivity contribution is 5.85. The van der Waals surface area contributed by atoms with Crippen molar-refractivity contribution in [1.29, 1.82) is 0 Å². The first kappa shape index (κ1) is 11.8. The Morgan fingerprint density at radius 2 is 2.18 bits per heavy atom. The first-order chi connectivity index (χ1) is 8.13. The van der Waals surface area contributed by atoms with E-state index in [1.165, 1.54) is 18.9 Å². The topological polar surface area (TPSA) is 70.1 Å². The summed E-state index contributed by atoms with van der Waals surface area (Å²) in [4.78, 5) is 18.0. The van der Waals surface area contributed by atoms with Gasteiger partial charge < -0.3 is 0 Å². The maximum absolute atomic E-state index is 11.2. The second-order valence-electron chi connectivity index (χ2n) is 4.71. The van der Waals surface area contributed by atoms with Gasteiger partial charge >= 0.3 is 0 Å². The predicted octanol–water partition coefficient (Wildman–Crippen LogP) is 2.06. The van der Waals surface area contributed by atoms with Crippen LogP contribution in [0.3, 0.4) is 0 Å². The van der Waals surface area contributed by atoms with E-state index in [4.69, 9.17) is 0 Å². The molecule has 1 saturated carbocycles. The number of hydrogen-bond acceptors (Lipinski definition) is 4. The van der Waals surface area contributed by atoms with Gasteiger partial charge in [0.2, 0.25) is 5.95 Å². The molecule has 1 fully saturated rings. The van der Waals surface area contributed by atoms with Crippen LogP contribution in [0.4, 0.5) is 5.95 Å². The average Bonchev–Trinajstić information content (AvgIpc) is 2.27. The second-order valence-corrected chi connectivity index (χ2v) is 4.71. The number of rotatable bonds is 2. The van der Waals surface area contributed by atoms with Crippen LogP contribution in [0.5, 0.6) is 0 Å². The molecule has 0 atom stereocenters. The summed E-state index contributed by atoms with van der Waals surface area (Å²) in [7, 11) is 0. The molecule has 0 aliphatic heterocycles. The van der Waals surface area contributed by atoms with Crippen LogP contribution in [0.2, 0.25) is 0 Å². The lowest BCUT2D eigenvalue weighted by Crippen LogP contribution is -2.15. The van der Waals surface area contributed by atoms with Crippen molar-refractivity contribution < 1.29 is 0 Å². The molecule has 0 bridgehead atoms. The van der Waals surface area contributed by atoms with E-state index in [9.17, 15) is 4.79 Å². The Bertz CT molecular complexity index is 468. The number of aromatic amines is 1. The van der Waals surface area contributed by atoms with Crippen molar-refractivity contribution in [2.45, 2.75) is 39.5 Å². The number of hydrazone groups is 1. The number of hydrogen-bond donors (Lipinski definition) is 2. The largest absolute Gasteiger partial charge is 0.291 e. The monoisotopic (exact) mass is 234 g/mol. The van der Waals surface area contributed by atoms with Crippen LogP contribution in [0.25, 0.3) is 0 Å². The summed E-state index contributed by atoms with van der Waals surface area (Å²) in [6.45, 7) is 4.06. The van der Waals surface area contributed by atoms with E-state index < -0.39 is 0 Å². The Morgan fingerprint density at radius 1 is 1.47 bits per heavy atom. The molecule has 1 aliphatic rings. The summed E-state index contributed by atoms with van der Waals surface area (Å²) < 4.78 is 0. The molecule has 0 aromatic carbocycles. The van der Waals surface area contributed by atoms with Crippen LogP contribution in [-0.2, 0) is 0 Å². The van der Waals surface area contributed by atoms with Crippen LogP contribution in [0, 0.1) is 12.8 Å². The first-order valence-electron chi connectivity index (χ1n) is 6.03. The molecule has 1 heterocycles. The van der Waals surface area contributed by atoms with Gasteiger partial charge in [0.1, 0.15) is 0 Å². The van der Waals surface area contributed by atoms with Crippen LogP contribution in [-0.4, -0.2) is 15.7 Å². The van der Waals surface area contributed by atoms with Gasteiger partial charge in [-0.2, -0.15) is 5.10 Å². The second kappa shape index (κ2) is 5.12. The van der Waals surface area contributed by atoms with Gasteiger partial charge in [-0.25, -0.2) is 10.4 Å². The van der Waals surface area contributed by atoms with Gasteiger partial charge in [0.25, 0.3) is 5.56 Å². The Kier molecular flexibility index (Phi) is 3.56. The van der Waals surface area contributed by atoms with Crippen LogP contribution >= 0.6 is 0 Å². The predicted molar refractivity (Wildman–Crippen MR) is 68.3 cm³/mol. The van der Waals surface area contributed by atoms with Gasteiger partial charge in [-0.3, -0.25) is 9.78 Å². The molecule has 1 aromatic heterocycles. The van der Waals surface area contributed by atoms with Gasteiger partial charge in [-0.05, 0) is 38.5 Å². The van der Waals surface area contributed by atoms with Gasteiger partial charge in [0, 0.05) is 17.5 Å². The van der Waals surface area contributed by atoms with Crippen LogP contribution in [0.1, 0.15) is 38.3 Å². The molecule has 0 amide bonds. The van der Waals surface area contributed by atoms with Gasteiger partial charge in [-0.1, -0.05) is 6.92 Å². The number of H-pyrrole nitrogens is 1. The van der Waals surface area contributed by atoms with E-state index in [-0.39, 0.29) is 5.56 Å². The zero-order chi connectivity index (χ0) is 12.3. The summed E-state index contributed by atoms with van der Waals surface area (Å²) in [5.74, 6) is 1.21. The van der Waals surface area contributed by atoms with E-state index in [2.05, 4.69) is 27.4 Å². The normalized spacial score (nSPS) is 20.1. The third-order valence-electron chi connectivity index (χ3n) is 3.04. The van der Waals surface area contributed by atoms with Crippen molar-refractivity contribution in [3.63, 3.8) is 0 Å².